The summed E-state index contributed by atoms with van der Waals surface area (Å²) < 4.78 is 5.33. The SMILES string of the molecule is COc1ccccc1/C=C/C(=O)N[C@@H](c1ccccc1)c1ccccc1C. The second-order valence-corrected chi connectivity index (χ2v) is 6.28. The van der Waals surface area contributed by atoms with Gasteiger partial charge in [-0.1, -0.05) is 72.8 Å². The van der Waals surface area contributed by atoms with Gasteiger partial charge in [0.25, 0.3) is 0 Å². The fraction of sp³-hybridized carbons (Fsp3) is 0.125. The first-order chi connectivity index (χ1) is 13.2. The molecule has 1 amide bonds. The van der Waals surface area contributed by atoms with E-state index in [2.05, 4.69) is 24.4 Å². The molecule has 1 atom stereocenters. The molecular weight excluding hydrogens is 334 g/mol. The summed E-state index contributed by atoms with van der Waals surface area (Å²) in [6.45, 7) is 2.06. The summed E-state index contributed by atoms with van der Waals surface area (Å²) in [5, 5.41) is 3.13. The molecule has 3 aromatic carbocycles. The van der Waals surface area contributed by atoms with E-state index < -0.39 is 0 Å². The number of ether oxygens (including phenoxy) is 1. The number of benzene rings is 3. The van der Waals surface area contributed by atoms with E-state index in [1.807, 2.05) is 66.7 Å². The van der Waals surface area contributed by atoms with Gasteiger partial charge in [-0.05, 0) is 35.8 Å². The summed E-state index contributed by atoms with van der Waals surface area (Å²) in [6.07, 6.45) is 3.32. The van der Waals surface area contributed by atoms with Crippen LogP contribution < -0.4 is 10.1 Å². The number of nitrogens with one attached hydrogen (secondary N) is 1. The molecule has 3 aromatic rings. The molecule has 0 aliphatic rings. The number of aryl methyl sites for hydroxylation is 1. The third kappa shape index (κ3) is 4.64. The lowest BCUT2D eigenvalue weighted by atomic mass is 9.95. The molecule has 0 bridgehead atoms. The predicted molar refractivity (Wildman–Crippen MR) is 110 cm³/mol. The van der Waals surface area contributed by atoms with E-state index in [-0.39, 0.29) is 11.9 Å². The number of hydrogen-bond donors (Lipinski definition) is 1. The Morgan fingerprint density at radius 3 is 2.33 bits per heavy atom. The first-order valence-electron chi connectivity index (χ1n) is 8.91. The van der Waals surface area contributed by atoms with Gasteiger partial charge in [0.2, 0.25) is 5.91 Å². The average molecular weight is 357 g/mol. The van der Waals surface area contributed by atoms with Crippen molar-refractivity contribution < 1.29 is 9.53 Å². The Hall–Kier alpha value is -3.33. The molecule has 0 spiro atoms. The highest BCUT2D eigenvalue weighted by Gasteiger charge is 2.17. The smallest absolute Gasteiger partial charge is 0.244 e. The lowest BCUT2D eigenvalue weighted by molar-refractivity contribution is -0.116. The van der Waals surface area contributed by atoms with E-state index in [0.717, 1.165) is 28.0 Å². The summed E-state index contributed by atoms with van der Waals surface area (Å²) in [5.41, 5.74) is 4.14. The molecule has 0 radical (unpaired) electrons. The summed E-state index contributed by atoms with van der Waals surface area (Å²) in [5.74, 6) is 0.582. The van der Waals surface area contributed by atoms with E-state index in [1.165, 1.54) is 0 Å². The van der Waals surface area contributed by atoms with Crippen LogP contribution >= 0.6 is 0 Å². The number of amides is 1. The number of carbonyl (C=O) groups is 1. The highest BCUT2D eigenvalue weighted by atomic mass is 16.5. The molecule has 0 aliphatic heterocycles. The average Bonchev–Trinajstić information content (AvgIpc) is 2.72. The van der Waals surface area contributed by atoms with Gasteiger partial charge >= 0.3 is 0 Å². The minimum absolute atomic E-state index is 0.155. The standard InChI is InChI=1S/C24H23NO2/c1-18-10-6-8-14-21(18)24(20-12-4-3-5-13-20)25-23(26)17-16-19-11-7-9-15-22(19)27-2/h3-17,24H,1-2H3,(H,25,26)/b17-16+/t24-/m0/s1. The Kier molecular flexibility index (Phi) is 6.06. The minimum atomic E-state index is -0.206. The van der Waals surface area contributed by atoms with Crippen molar-refractivity contribution in [3.05, 3.63) is 107 Å². The van der Waals surface area contributed by atoms with Crippen LogP contribution in [0.1, 0.15) is 28.3 Å². The van der Waals surface area contributed by atoms with Gasteiger partial charge in [0, 0.05) is 11.6 Å². The highest BCUT2D eigenvalue weighted by molar-refractivity contribution is 5.92. The molecule has 0 fully saturated rings. The van der Waals surface area contributed by atoms with Crippen LogP contribution in [0.4, 0.5) is 0 Å². The summed E-state index contributed by atoms with van der Waals surface area (Å²) >= 11 is 0. The zero-order valence-corrected chi connectivity index (χ0v) is 15.6. The largest absolute Gasteiger partial charge is 0.496 e. The zero-order chi connectivity index (χ0) is 19.1. The highest BCUT2D eigenvalue weighted by Crippen LogP contribution is 2.25. The summed E-state index contributed by atoms with van der Waals surface area (Å²) in [6, 6.07) is 25.5. The molecule has 3 heteroatoms. The predicted octanol–water partition coefficient (Wildman–Crippen LogP) is 4.92. The first-order valence-corrected chi connectivity index (χ1v) is 8.91. The minimum Gasteiger partial charge on any atom is -0.496 e. The van der Waals surface area contributed by atoms with Crippen LogP contribution in [0.15, 0.2) is 84.9 Å². The van der Waals surface area contributed by atoms with Crippen LogP contribution in [0.25, 0.3) is 6.08 Å². The van der Waals surface area contributed by atoms with Crippen molar-refractivity contribution in [2.45, 2.75) is 13.0 Å². The van der Waals surface area contributed by atoms with Crippen LogP contribution in [0, 0.1) is 6.92 Å². The summed E-state index contributed by atoms with van der Waals surface area (Å²) in [4.78, 5) is 12.6. The van der Waals surface area contributed by atoms with Crippen LogP contribution in [-0.2, 0) is 4.79 Å². The number of methoxy groups -OCH3 is 1. The van der Waals surface area contributed by atoms with Crippen LogP contribution in [0.5, 0.6) is 5.75 Å². The van der Waals surface area contributed by atoms with Crippen LogP contribution in [-0.4, -0.2) is 13.0 Å². The Bertz CT molecular complexity index is 932. The molecule has 136 valence electrons. The van der Waals surface area contributed by atoms with Gasteiger partial charge in [-0.15, -0.1) is 0 Å². The van der Waals surface area contributed by atoms with E-state index in [0.29, 0.717) is 0 Å². The molecule has 0 unspecified atom stereocenters. The number of hydrogen-bond acceptors (Lipinski definition) is 2. The molecule has 3 rings (SSSR count). The maximum atomic E-state index is 12.6. The molecule has 3 nitrogen and oxygen atoms in total. The third-order valence-corrected chi connectivity index (χ3v) is 4.47. The van der Waals surface area contributed by atoms with Gasteiger partial charge in [0.05, 0.1) is 13.2 Å². The lowest BCUT2D eigenvalue weighted by Gasteiger charge is -2.21. The number of rotatable bonds is 6. The van der Waals surface area contributed by atoms with Gasteiger partial charge in [0.1, 0.15) is 5.75 Å². The molecule has 0 aliphatic carbocycles. The Morgan fingerprint density at radius 2 is 1.59 bits per heavy atom. The van der Waals surface area contributed by atoms with Crippen molar-refractivity contribution in [3.8, 4) is 5.75 Å². The quantitative estimate of drug-likeness (QED) is 0.636. The van der Waals surface area contributed by atoms with Crippen molar-refractivity contribution in [3.63, 3.8) is 0 Å². The van der Waals surface area contributed by atoms with Crippen molar-refractivity contribution in [2.75, 3.05) is 7.11 Å². The fourth-order valence-corrected chi connectivity index (χ4v) is 3.06. The monoisotopic (exact) mass is 357 g/mol. The van der Waals surface area contributed by atoms with E-state index >= 15 is 0 Å². The Balaban J connectivity index is 1.85. The molecule has 0 aromatic heterocycles. The fourth-order valence-electron chi connectivity index (χ4n) is 3.06. The van der Waals surface area contributed by atoms with Gasteiger partial charge in [-0.2, -0.15) is 0 Å². The first kappa shape index (κ1) is 18.5. The Morgan fingerprint density at radius 1 is 0.926 bits per heavy atom. The van der Waals surface area contributed by atoms with Gasteiger partial charge < -0.3 is 10.1 Å². The molecule has 0 saturated carbocycles. The molecule has 1 N–H and O–H groups in total. The van der Waals surface area contributed by atoms with Crippen LogP contribution in [0.3, 0.4) is 0 Å². The molecule has 0 saturated heterocycles. The van der Waals surface area contributed by atoms with Crippen molar-refractivity contribution in [2.24, 2.45) is 0 Å². The molecular formula is C24H23NO2. The number of carbonyl (C=O) groups excluding carboxylic acids is 1. The normalized spacial score (nSPS) is 11.9. The van der Waals surface area contributed by atoms with Gasteiger partial charge in [-0.3, -0.25) is 4.79 Å². The second kappa shape index (κ2) is 8.86. The summed E-state index contributed by atoms with van der Waals surface area (Å²) in [7, 11) is 1.62. The molecule has 27 heavy (non-hydrogen) atoms. The number of para-hydroxylation sites is 1. The maximum Gasteiger partial charge on any atom is 0.244 e. The Labute approximate surface area is 160 Å². The van der Waals surface area contributed by atoms with Gasteiger partial charge in [-0.25, -0.2) is 0 Å². The van der Waals surface area contributed by atoms with Gasteiger partial charge in [0.15, 0.2) is 0 Å². The van der Waals surface area contributed by atoms with Crippen molar-refractivity contribution in [1.29, 1.82) is 0 Å². The zero-order valence-electron chi connectivity index (χ0n) is 15.6. The lowest BCUT2D eigenvalue weighted by Crippen LogP contribution is -2.28. The van der Waals surface area contributed by atoms with E-state index in [4.69, 9.17) is 4.74 Å². The van der Waals surface area contributed by atoms with E-state index in [1.54, 1.807) is 19.3 Å². The van der Waals surface area contributed by atoms with Crippen molar-refractivity contribution >= 4 is 12.0 Å². The molecule has 0 heterocycles. The second-order valence-electron chi connectivity index (χ2n) is 6.28. The maximum absolute atomic E-state index is 12.6. The van der Waals surface area contributed by atoms with E-state index in [9.17, 15) is 4.79 Å². The third-order valence-electron chi connectivity index (χ3n) is 4.47. The topological polar surface area (TPSA) is 38.3 Å². The van der Waals surface area contributed by atoms with Crippen molar-refractivity contribution in [1.82, 2.24) is 5.32 Å². The van der Waals surface area contributed by atoms with Crippen LogP contribution in [0.2, 0.25) is 0 Å².